The molecular weight excluding hydrogens is 438 g/mol. The average molecular weight is 484 g/mol. The molecule has 0 spiro atoms. The van der Waals surface area contributed by atoms with Gasteiger partial charge in [-0.1, -0.05) is 45.7 Å². The first-order chi connectivity index (χ1) is 16.7. The predicted molar refractivity (Wildman–Crippen MR) is 145 cm³/mol. The lowest BCUT2D eigenvalue weighted by atomic mass is 9.88. The number of rotatable bonds is 7. The highest BCUT2D eigenvalue weighted by Crippen LogP contribution is 2.40. The van der Waals surface area contributed by atoms with Crippen molar-refractivity contribution >= 4 is 23.4 Å². The molecule has 1 fully saturated rings. The maximum absolute atomic E-state index is 12.9. The molecule has 3 heterocycles. The Hall–Kier alpha value is -2.51. The summed E-state index contributed by atoms with van der Waals surface area (Å²) >= 11 is 0. The zero-order valence-corrected chi connectivity index (χ0v) is 22.6. The van der Waals surface area contributed by atoms with Crippen LogP contribution in [0.15, 0.2) is 30.5 Å². The van der Waals surface area contributed by atoms with Gasteiger partial charge in [-0.2, -0.15) is 4.98 Å². The molecule has 2 unspecified atom stereocenters. The summed E-state index contributed by atoms with van der Waals surface area (Å²) in [5, 5.41) is 3.30. The van der Waals surface area contributed by atoms with Crippen molar-refractivity contribution in [2.45, 2.75) is 91.9 Å². The molecule has 35 heavy (non-hydrogen) atoms. The van der Waals surface area contributed by atoms with Gasteiger partial charge in [0.2, 0.25) is 11.9 Å². The topological polar surface area (TPSA) is 70.6 Å². The largest absolute Gasteiger partial charge is 0.373 e. The van der Waals surface area contributed by atoms with Crippen molar-refractivity contribution in [3.63, 3.8) is 0 Å². The highest BCUT2D eigenvalue weighted by Gasteiger charge is 2.45. The Labute approximate surface area is 212 Å². The molecule has 1 saturated heterocycles. The summed E-state index contributed by atoms with van der Waals surface area (Å²) in [6.45, 7) is 18.1. The Kier molecular flexibility index (Phi) is 9.25. The van der Waals surface area contributed by atoms with E-state index in [9.17, 15) is 4.79 Å². The number of nitrogens with one attached hydrogen (secondary N) is 1. The summed E-state index contributed by atoms with van der Waals surface area (Å²) in [5.41, 5.74) is 2.51. The van der Waals surface area contributed by atoms with Gasteiger partial charge in [0.05, 0.1) is 17.6 Å². The number of fused-ring (bicyclic) bond motifs is 1. The first-order valence-electron chi connectivity index (χ1n) is 13.1. The molecule has 1 aromatic heterocycles. The zero-order chi connectivity index (χ0) is 25.6. The Bertz CT molecular complexity index is 972. The van der Waals surface area contributed by atoms with Crippen molar-refractivity contribution in [1.82, 2.24) is 14.9 Å². The summed E-state index contributed by atoms with van der Waals surface area (Å²) in [7, 11) is 0. The molecule has 0 aliphatic carbocycles. The number of anilines is 3. The van der Waals surface area contributed by atoms with Gasteiger partial charge in [-0.15, -0.1) is 0 Å². The van der Waals surface area contributed by atoms with Crippen LogP contribution in [0.25, 0.3) is 0 Å². The Morgan fingerprint density at radius 3 is 2.34 bits per heavy atom. The number of unbranched alkanes of at least 4 members (excludes halogenated alkanes) is 1. The molecular formula is C28H45N5O2. The van der Waals surface area contributed by atoms with Gasteiger partial charge >= 0.3 is 0 Å². The van der Waals surface area contributed by atoms with Crippen LogP contribution in [0.1, 0.15) is 80.3 Å². The van der Waals surface area contributed by atoms with Crippen molar-refractivity contribution in [2.24, 2.45) is 0 Å². The fraction of sp³-hybridized carbons (Fsp3) is 0.607. The van der Waals surface area contributed by atoms with E-state index in [4.69, 9.17) is 9.72 Å². The van der Waals surface area contributed by atoms with Crippen molar-refractivity contribution in [2.75, 3.05) is 29.9 Å². The second kappa shape index (κ2) is 12.0. The highest BCUT2D eigenvalue weighted by atomic mass is 16.5. The van der Waals surface area contributed by atoms with E-state index >= 15 is 0 Å². The first kappa shape index (κ1) is 27.1. The van der Waals surface area contributed by atoms with Crippen LogP contribution in [0.4, 0.5) is 17.5 Å². The van der Waals surface area contributed by atoms with Crippen molar-refractivity contribution < 1.29 is 11.0 Å². The number of carbonyl (C=O) groups is 1. The summed E-state index contributed by atoms with van der Waals surface area (Å²) in [6, 6.07) is 8.40. The Balaban J connectivity index is 0.00000109. The maximum atomic E-state index is 12.9. The molecule has 2 atom stereocenters. The minimum atomic E-state index is -0.586. The second-order valence-corrected chi connectivity index (χ2v) is 10.3. The summed E-state index contributed by atoms with van der Waals surface area (Å²) in [6.07, 6.45) is 5.57. The molecule has 4 rings (SSSR count). The molecule has 2 aromatic rings. The monoisotopic (exact) mass is 483 g/mol. The van der Waals surface area contributed by atoms with E-state index in [1.54, 1.807) is 6.20 Å². The fourth-order valence-electron chi connectivity index (χ4n) is 4.65. The SMILES string of the molecule is CCC.CCCCN1C(=O)C(C)(C)c2cnc(Nc3ccc(CN4CC(C)OC(C)C4)cc3)nc21.[HH]. The molecule has 1 amide bonds. The van der Waals surface area contributed by atoms with Gasteiger partial charge in [0.15, 0.2) is 0 Å². The maximum Gasteiger partial charge on any atom is 0.238 e. The lowest BCUT2D eigenvalue weighted by Gasteiger charge is -2.35. The number of carbonyl (C=O) groups excluding carboxylic acids is 1. The van der Waals surface area contributed by atoms with Crippen molar-refractivity contribution in [3.05, 3.63) is 41.6 Å². The van der Waals surface area contributed by atoms with E-state index in [-0.39, 0.29) is 19.5 Å². The van der Waals surface area contributed by atoms with Crippen LogP contribution in [0.3, 0.4) is 0 Å². The van der Waals surface area contributed by atoms with Crippen molar-refractivity contribution in [1.29, 1.82) is 0 Å². The molecule has 0 radical (unpaired) electrons. The van der Waals surface area contributed by atoms with Gasteiger partial charge in [0.25, 0.3) is 0 Å². The average Bonchev–Trinajstić information content (AvgIpc) is 2.98. The lowest BCUT2D eigenvalue weighted by Crippen LogP contribution is -2.44. The molecule has 1 aromatic carbocycles. The molecule has 7 heteroatoms. The van der Waals surface area contributed by atoms with Crippen LogP contribution in [0, 0.1) is 0 Å². The molecule has 7 nitrogen and oxygen atoms in total. The number of morpholine rings is 1. The molecule has 1 N–H and O–H groups in total. The Morgan fingerprint density at radius 1 is 1.11 bits per heavy atom. The van der Waals surface area contributed by atoms with Crippen LogP contribution in [-0.2, 0) is 21.5 Å². The summed E-state index contributed by atoms with van der Waals surface area (Å²) < 4.78 is 5.83. The van der Waals surface area contributed by atoms with Crippen LogP contribution in [0.5, 0.6) is 0 Å². The number of hydrogen-bond acceptors (Lipinski definition) is 6. The van der Waals surface area contributed by atoms with E-state index in [0.29, 0.717) is 12.5 Å². The van der Waals surface area contributed by atoms with Gasteiger partial charge in [-0.05, 0) is 51.8 Å². The van der Waals surface area contributed by atoms with Gasteiger partial charge in [0.1, 0.15) is 5.82 Å². The molecule has 0 bridgehead atoms. The minimum Gasteiger partial charge on any atom is -0.373 e. The van der Waals surface area contributed by atoms with Gasteiger partial charge in [-0.25, -0.2) is 4.98 Å². The predicted octanol–water partition coefficient (Wildman–Crippen LogP) is 5.92. The second-order valence-electron chi connectivity index (χ2n) is 10.3. The fourth-order valence-corrected chi connectivity index (χ4v) is 4.65. The molecule has 194 valence electrons. The third-order valence-corrected chi connectivity index (χ3v) is 6.32. The number of amides is 1. The number of aromatic nitrogens is 2. The number of benzene rings is 1. The number of nitrogens with zero attached hydrogens (tertiary/aromatic N) is 4. The van der Waals surface area contributed by atoms with Crippen LogP contribution in [-0.4, -0.2) is 52.6 Å². The Morgan fingerprint density at radius 2 is 1.74 bits per heavy atom. The standard InChI is InChI=1S/C25H35N5O2.C3H8.H2/c1-6-7-12-30-22-21(25(4,5)23(30)31)13-26-24(28-22)27-20-10-8-19(9-11-20)16-29-14-17(2)32-18(3)15-29;1-3-2;/h8-11,13,17-18H,6-7,12,14-16H2,1-5H3,(H,26,27,28);3H2,1-2H3;1H. The van der Waals surface area contributed by atoms with Gasteiger partial charge in [-0.3, -0.25) is 14.6 Å². The summed E-state index contributed by atoms with van der Waals surface area (Å²) in [5.74, 6) is 1.35. The molecule has 2 aliphatic rings. The van der Waals surface area contributed by atoms with E-state index < -0.39 is 5.41 Å². The summed E-state index contributed by atoms with van der Waals surface area (Å²) in [4.78, 5) is 26.4. The molecule has 2 aliphatic heterocycles. The highest BCUT2D eigenvalue weighted by molar-refractivity contribution is 6.06. The number of ether oxygens (including phenoxy) is 1. The van der Waals surface area contributed by atoms with Gasteiger partial charge in [0, 0.05) is 45.1 Å². The minimum absolute atomic E-state index is 0. The third-order valence-electron chi connectivity index (χ3n) is 6.32. The number of hydrogen-bond donors (Lipinski definition) is 1. The van der Waals surface area contributed by atoms with Crippen LogP contribution < -0.4 is 10.2 Å². The van der Waals surface area contributed by atoms with E-state index in [1.165, 1.54) is 12.0 Å². The van der Waals surface area contributed by atoms with E-state index in [1.807, 2.05) is 18.7 Å². The molecule has 0 saturated carbocycles. The van der Waals surface area contributed by atoms with Crippen molar-refractivity contribution in [3.8, 4) is 0 Å². The zero-order valence-electron chi connectivity index (χ0n) is 22.6. The quantitative estimate of drug-likeness (QED) is 0.527. The third kappa shape index (κ3) is 6.58. The van der Waals surface area contributed by atoms with Gasteiger partial charge < -0.3 is 10.1 Å². The lowest BCUT2D eigenvalue weighted by molar-refractivity contribution is -0.122. The first-order valence-corrected chi connectivity index (χ1v) is 13.1. The van der Waals surface area contributed by atoms with E-state index in [2.05, 4.69) is 74.1 Å². The van der Waals surface area contributed by atoms with Crippen LogP contribution >= 0.6 is 0 Å². The smallest absolute Gasteiger partial charge is 0.238 e. The van der Waals surface area contributed by atoms with Crippen LogP contribution in [0.2, 0.25) is 0 Å². The van der Waals surface area contributed by atoms with E-state index in [0.717, 1.165) is 49.5 Å². The normalized spacial score (nSPS) is 21.3.